The fourth-order valence-corrected chi connectivity index (χ4v) is 6.66. The summed E-state index contributed by atoms with van der Waals surface area (Å²) in [6.45, 7) is 0. The zero-order chi connectivity index (χ0) is 24.9. The molecule has 0 amide bonds. The average molecular weight is 825 g/mol. The van der Waals surface area contributed by atoms with Gasteiger partial charge in [0.1, 0.15) is 23.0 Å². The first-order valence-electron chi connectivity index (χ1n) is 11.1. The minimum Gasteiger partial charge on any atom is -0.457 e. The molecule has 0 aromatic heterocycles. The van der Waals surface area contributed by atoms with Gasteiger partial charge in [-0.2, -0.15) is 0 Å². The molecule has 0 atom stereocenters. The SMILES string of the molecule is Ic1ccc(Oc2ccc([S+](c3ccc(I)cc3)c3ccc(Oc4ccc(I)cc4)cc3)cc2)cc1. The first-order valence-corrected chi connectivity index (χ1v) is 15.6. The van der Waals surface area contributed by atoms with Crippen LogP contribution in [0.4, 0.5) is 0 Å². The van der Waals surface area contributed by atoms with Crippen LogP contribution >= 0.6 is 67.8 Å². The van der Waals surface area contributed by atoms with Crippen LogP contribution in [0, 0.1) is 10.7 Å². The molecule has 0 unspecified atom stereocenters. The van der Waals surface area contributed by atoms with Crippen molar-refractivity contribution >= 4 is 78.7 Å². The topological polar surface area (TPSA) is 18.5 Å². The van der Waals surface area contributed by atoms with E-state index in [-0.39, 0.29) is 10.9 Å². The van der Waals surface area contributed by atoms with Crippen molar-refractivity contribution in [3.63, 3.8) is 0 Å². The zero-order valence-electron chi connectivity index (χ0n) is 18.9. The van der Waals surface area contributed by atoms with Crippen molar-refractivity contribution < 1.29 is 9.47 Å². The van der Waals surface area contributed by atoms with Crippen LogP contribution in [0.5, 0.6) is 23.0 Å². The Morgan fingerprint density at radius 2 is 0.556 bits per heavy atom. The molecular weight excluding hydrogens is 805 g/mol. The van der Waals surface area contributed by atoms with Crippen LogP contribution in [0.15, 0.2) is 136 Å². The summed E-state index contributed by atoms with van der Waals surface area (Å²) in [6.07, 6.45) is 0. The number of rotatable bonds is 7. The van der Waals surface area contributed by atoms with E-state index in [1.54, 1.807) is 0 Å². The zero-order valence-corrected chi connectivity index (χ0v) is 26.2. The van der Waals surface area contributed by atoms with Gasteiger partial charge in [0.15, 0.2) is 14.7 Å². The molecule has 36 heavy (non-hydrogen) atoms. The van der Waals surface area contributed by atoms with Crippen LogP contribution in [0.3, 0.4) is 0 Å². The normalized spacial score (nSPS) is 10.9. The van der Waals surface area contributed by atoms with Crippen molar-refractivity contribution in [2.24, 2.45) is 0 Å². The molecule has 5 rings (SSSR count). The van der Waals surface area contributed by atoms with Crippen molar-refractivity contribution in [2.75, 3.05) is 0 Å². The molecule has 0 heterocycles. The van der Waals surface area contributed by atoms with Gasteiger partial charge in [0.05, 0.1) is 10.9 Å². The van der Waals surface area contributed by atoms with E-state index in [0.717, 1.165) is 23.0 Å². The van der Waals surface area contributed by atoms with E-state index >= 15 is 0 Å². The van der Waals surface area contributed by atoms with Gasteiger partial charge < -0.3 is 9.47 Å². The summed E-state index contributed by atoms with van der Waals surface area (Å²) < 4.78 is 15.7. The Morgan fingerprint density at radius 3 is 0.861 bits per heavy atom. The average Bonchev–Trinajstić information content (AvgIpc) is 2.90. The largest absolute Gasteiger partial charge is 0.457 e. The highest BCUT2D eigenvalue weighted by Gasteiger charge is 2.29. The fraction of sp³-hybridized carbons (Fsp3) is 0. The monoisotopic (exact) mass is 825 g/mol. The molecule has 2 nitrogen and oxygen atoms in total. The van der Waals surface area contributed by atoms with Crippen molar-refractivity contribution in [2.45, 2.75) is 14.7 Å². The molecular formula is C30H20I3O2S+. The van der Waals surface area contributed by atoms with Crippen LogP contribution in [0.25, 0.3) is 0 Å². The maximum absolute atomic E-state index is 6.06. The van der Waals surface area contributed by atoms with Gasteiger partial charge in [-0.05, 0) is 189 Å². The molecule has 5 aromatic rings. The van der Waals surface area contributed by atoms with Gasteiger partial charge in [-0.3, -0.25) is 0 Å². The molecule has 6 heteroatoms. The lowest BCUT2D eigenvalue weighted by atomic mass is 10.3. The summed E-state index contributed by atoms with van der Waals surface area (Å²) >= 11 is 6.95. The van der Waals surface area contributed by atoms with Crippen LogP contribution < -0.4 is 9.47 Å². The standard InChI is InChI=1S/C30H20I3O2S/c31-21-1-7-24(8-2-21)34-26-11-17-29(18-12-26)36(28-15-5-23(33)6-16-28)30-19-13-27(14-20-30)35-25-9-3-22(32)4-10-25/h1-20H/q+1. The smallest absolute Gasteiger partial charge is 0.166 e. The second-order valence-electron chi connectivity index (χ2n) is 7.81. The van der Waals surface area contributed by atoms with Gasteiger partial charge >= 0.3 is 0 Å². The number of hydrogen-bond acceptors (Lipinski definition) is 2. The Kier molecular flexibility index (Phi) is 8.76. The highest BCUT2D eigenvalue weighted by atomic mass is 127. The fourth-order valence-electron chi connectivity index (χ4n) is 3.54. The van der Waals surface area contributed by atoms with E-state index < -0.39 is 0 Å². The summed E-state index contributed by atoms with van der Waals surface area (Å²) in [5.74, 6) is 3.33. The van der Waals surface area contributed by atoms with E-state index in [1.165, 1.54) is 25.4 Å². The molecule has 0 aliphatic carbocycles. The Bertz CT molecular complexity index is 1330. The van der Waals surface area contributed by atoms with Gasteiger partial charge in [0, 0.05) is 10.7 Å². The summed E-state index contributed by atoms with van der Waals surface area (Å²) in [5.41, 5.74) is 0. The van der Waals surface area contributed by atoms with Crippen molar-refractivity contribution in [3.05, 3.63) is 132 Å². The molecule has 0 spiro atoms. The lowest BCUT2D eigenvalue weighted by molar-refractivity contribution is 0.482. The van der Waals surface area contributed by atoms with Crippen LogP contribution in [-0.2, 0) is 10.9 Å². The van der Waals surface area contributed by atoms with Gasteiger partial charge in [-0.1, -0.05) is 0 Å². The van der Waals surface area contributed by atoms with Crippen LogP contribution in [-0.4, -0.2) is 0 Å². The molecule has 0 N–H and O–H groups in total. The van der Waals surface area contributed by atoms with Crippen molar-refractivity contribution in [1.29, 1.82) is 0 Å². The first-order chi connectivity index (χ1) is 17.5. The summed E-state index contributed by atoms with van der Waals surface area (Å²) in [7, 11) is -0.255. The van der Waals surface area contributed by atoms with E-state index in [9.17, 15) is 0 Å². The first kappa shape index (κ1) is 25.9. The number of benzene rings is 5. The van der Waals surface area contributed by atoms with Gasteiger partial charge in [0.25, 0.3) is 0 Å². The molecule has 0 saturated heterocycles. The van der Waals surface area contributed by atoms with Crippen LogP contribution in [0.1, 0.15) is 0 Å². The van der Waals surface area contributed by atoms with Crippen molar-refractivity contribution in [3.8, 4) is 23.0 Å². The molecule has 0 aliphatic rings. The van der Waals surface area contributed by atoms with Gasteiger partial charge in [0.2, 0.25) is 0 Å². The Hall–Kier alpha value is -1.76. The Labute approximate surface area is 255 Å². The summed E-state index contributed by atoms with van der Waals surface area (Å²) in [4.78, 5) is 3.74. The number of hydrogen-bond donors (Lipinski definition) is 0. The predicted octanol–water partition coefficient (Wildman–Crippen LogP) is 10.2. The lowest BCUT2D eigenvalue weighted by Crippen LogP contribution is -2.05. The molecule has 178 valence electrons. The Morgan fingerprint density at radius 1 is 0.333 bits per heavy atom. The predicted molar refractivity (Wildman–Crippen MR) is 173 cm³/mol. The number of ether oxygens (including phenoxy) is 2. The van der Waals surface area contributed by atoms with E-state index in [4.69, 9.17) is 9.47 Å². The van der Waals surface area contributed by atoms with Gasteiger partial charge in [-0.15, -0.1) is 0 Å². The number of halogens is 3. The minimum absolute atomic E-state index is 0.255. The quantitative estimate of drug-likeness (QED) is 0.120. The third-order valence-electron chi connectivity index (χ3n) is 5.27. The van der Waals surface area contributed by atoms with E-state index in [1.807, 2.05) is 72.8 Å². The molecule has 0 bridgehead atoms. The molecule has 0 fully saturated rings. The molecule has 0 radical (unpaired) electrons. The van der Waals surface area contributed by atoms with Gasteiger partial charge in [-0.25, -0.2) is 0 Å². The maximum Gasteiger partial charge on any atom is 0.166 e. The maximum atomic E-state index is 6.06. The highest BCUT2D eigenvalue weighted by Crippen LogP contribution is 2.35. The van der Waals surface area contributed by atoms with Crippen molar-refractivity contribution in [1.82, 2.24) is 0 Å². The van der Waals surface area contributed by atoms with E-state index in [2.05, 4.69) is 116 Å². The lowest BCUT2D eigenvalue weighted by Gasteiger charge is -2.11. The highest BCUT2D eigenvalue weighted by molar-refractivity contribution is 14.1. The molecule has 0 saturated carbocycles. The van der Waals surface area contributed by atoms with Crippen LogP contribution in [0.2, 0.25) is 0 Å². The van der Waals surface area contributed by atoms with E-state index in [0.29, 0.717) is 0 Å². The summed E-state index contributed by atoms with van der Waals surface area (Å²) in [6, 6.07) is 41.8. The third kappa shape index (κ3) is 6.76. The second kappa shape index (κ2) is 12.2. The third-order valence-corrected chi connectivity index (χ3v) is 9.66. The Balaban J connectivity index is 1.41. The molecule has 0 aliphatic heterocycles. The minimum atomic E-state index is -0.255. The molecule has 5 aromatic carbocycles. The second-order valence-corrected chi connectivity index (χ2v) is 13.6. The summed E-state index contributed by atoms with van der Waals surface area (Å²) in [5, 5.41) is 0.